The van der Waals surface area contributed by atoms with Crippen LogP contribution >= 0.6 is 23.1 Å². The maximum atomic E-state index is 12.3. The zero-order valence-electron chi connectivity index (χ0n) is 12.2. The van der Waals surface area contributed by atoms with Crippen molar-refractivity contribution in [3.63, 3.8) is 0 Å². The van der Waals surface area contributed by atoms with E-state index >= 15 is 0 Å². The van der Waals surface area contributed by atoms with E-state index < -0.39 is 0 Å². The number of carbonyl (C=O) groups is 1. The third-order valence-corrected chi connectivity index (χ3v) is 6.41. The maximum absolute atomic E-state index is 12.3. The predicted molar refractivity (Wildman–Crippen MR) is 89.6 cm³/mol. The number of amides is 1. The summed E-state index contributed by atoms with van der Waals surface area (Å²) in [6.45, 7) is 1.78. The molecule has 1 saturated heterocycles. The molecule has 0 atom stereocenters. The van der Waals surface area contributed by atoms with Crippen molar-refractivity contribution in [3.05, 3.63) is 26.6 Å². The molecule has 1 fully saturated rings. The average Bonchev–Trinajstić information content (AvgIpc) is 2.96. The second kappa shape index (κ2) is 5.70. The minimum Gasteiger partial charge on any atom is -0.342 e. The van der Waals surface area contributed by atoms with Crippen LogP contribution in [0.2, 0.25) is 0 Å². The van der Waals surface area contributed by atoms with Gasteiger partial charge in [-0.15, -0.1) is 23.1 Å². The Morgan fingerprint density at radius 2 is 2.18 bits per heavy atom. The smallest absolute Gasteiger partial charge is 0.259 e. The molecule has 0 aromatic carbocycles. The number of rotatable bonds is 4. The first kappa shape index (κ1) is 14.3. The molecule has 1 N–H and O–H groups in total. The molecule has 0 radical (unpaired) electrons. The zero-order chi connectivity index (χ0) is 15.1. The molecule has 2 aromatic rings. The van der Waals surface area contributed by atoms with E-state index in [9.17, 15) is 9.59 Å². The molecule has 116 valence electrons. The van der Waals surface area contributed by atoms with Crippen LogP contribution in [0, 0.1) is 0 Å². The van der Waals surface area contributed by atoms with Crippen LogP contribution in [-0.2, 0) is 23.4 Å². The summed E-state index contributed by atoms with van der Waals surface area (Å²) in [4.78, 5) is 35.7. The number of aromatic nitrogens is 2. The third kappa shape index (κ3) is 2.46. The molecule has 7 heteroatoms. The number of nitrogens with one attached hydrogen (secondary N) is 1. The lowest BCUT2D eigenvalue weighted by atomic mass is 10.2. The predicted octanol–water partition coefficient (Wildman–Crippen LogP) is 1.94. The van der Waals surface area contributed by atoms with Crippen LogP contribution in [0.4, 0.5) is 0 Å². The van der Waals surface area contributed by atoms with E-state index in [1.165, 1.54) is 22.2 Å². The minimum atomic E-state index is -0.0194. The van der Waals surface area contributed by atoms with Crippen molar-refractivity contribution < 1.29 is 4.79 Å². The Hall–Kier alpha value is -1.34. The summed E-state index contributed by atoms with van der Waals surface area (Å²) >= 11 is 3.18. The third-order valence-electron chi connectivity index (χ3n) is 4.30. The fraction of sp³-hybridized carbons (Fsp3) is 0.533. The summed E-state index contributed by atoms with van der Waals surface area (Å²) in [6.07, 6.45) is 4.33. The van der Waals surface area contributed by atoms with Crippen LogP contribution in [-0.4, -0.2) is 39.6 Å². The molecule has 2 aromatic heterocycles. The molecule has 22 heavy (non-hydrogen) atoms. The van der Waals surface area contributed by atoms with Gasteiger partial charge in [0.2, 0.25) is 5.91 Å². The van der Waals surface area contributed by atoms with Crippen molar-refractivity contribution in [2.75, 3.05) is 18.8 Å². The van der Waals surface area contributed by atoms with Crippen LogP contribution in [0.3, 0.4) is 0 Å². The summed E-state index contributed by atoms with van der Waals surface area (Å²) in [5, 5.41) is 0.794. The second-order valence-electron chi connectivity index (χ2n) is 5.78. The zero-order valence-corrected chi connectivity index (χ0v) is 13.8. The molecule has 0 unspecified atom stereocenters. The molecule has 1 aliphatic heterocycles. The van der Waals surface area contributed by atoms with Crippen LogP contribution < -0.4 is 5.56 Å². The summed E-state index contributed by atoms with van der Waals surface area (Å²) in [6, 6.07) is 0. The molecule has 0 spiro atoms. The Balaban J connectivity index is 1.48. The number of carbonyl (C=O) groups excluding carboxylic acids is 1. The lowest BCUT2D eigenvalue weighted by molar-refractivity contribution is -0.131. The molecule has 5 nitrogen and oxygen atoms in total. The highest BCUT2D eigenvalue weighted by Crippen LogP contribution is 2.34. The maximum Gasteiger partial charge on any atom is 0.259 e. The van der Waals surface area contributed by atoms with Gasteiger partial charge in [-0.05, 0) is 31.2 Å². The van der Waals surface area contributed by atoms with Gasteiger partial charge < -0.3 is 9.88 Å². The summed E-state index contributed by atoms with van der Waals surface area (Å²) in [7, 11) is 0. The van der Waals surface area contributed by atoms with Gasteiger partial charge in [0.05, 0.1) is 16.9 Å². The second-order valence-corrected chi connectivity index (χ2v) is 7.85. The van der Waals surface area contributed by atoms with E-state index in [2.05, 4.69) is 9.97 Å². The molecule has 0 bridgehead atoms. The van der Waals surface area contributed by atoms with Gasteiger partial charge >= 0.3 is 0 Å². The van der Waals surface area contributed by atoms with E-state index in [0.717, 1.165) is 49.0 Å². The number of hydrogen-bond acceptors (Lipinski definition) is 5. The molecular weight excluding hydrogens is 318 g/mol. The Labute approximate surface area is 136 Å². The van der Waals surface area contributed by atoms with E-state index in [1.54, 1.807) is 11.3 Å². The van der Waals surface area contributed by atoms with E-state index in [4.69, 9.17) is 0 Å². The summed E-state index contributed by atoms with van der Waals surface area (Å²) in [5.41, 5.74) is 1.19. The molecular formula is C15H17N3O2S2. The summed E-state index contributed by atoms with van der Waals surface area (Å²) in [5.74, 6) is 1.91. The number of likely N-dealkylation sites (tertiary alicyclic amines) is 1. The first-order valence-electron chi connectivity index (χ1n) is 7.61. The molecule has 0 saturated carbocycles. The van der Waals surface area contributed by atoms with E-state index in [1.807, 2.05) is 4.90 Å². The number of thioether (sulfide) groups is 1. The number of aromatic amines is 1. The fourth-order valence-corrected chi connectivity index (χ4v) is 5.08. The molecule has 3 heterocycles. The standard InChI is InChI=1S/C15H17N3O2S2/c19-12(18-5-2-6-18)8-21-7-11-16-14(20)13-9-3-1-4-10(9)22-15(13)17-11/h1-8H2,(H,16,17,20). The number of hydrogen-bond donors (Lipinski definition) is 1. The normalized spacial score (nSPS) is 16.8. The van der Waals surface area contributed by atoms with Crippen molar-refractivity contribution in [2.45, 2.75) is 31.4 Å². The average molecular weight is 335 g/mol. The summed E-state index contributed by atoms with van der Waals surface area (Å²) < 4.78 is 0. The number of fused-ring (bicyclic) bond motifs is 3. The molecule has 2 aliphatic rings. The van der Waals surface area contributed by atoms with Crippen molar-refractivity contribution in [1.29, 1.82) is 0 Å². The Bertz CT molecular complexity index is 792. The first-order chi connectivity index (χ1) is 10.7. The molecule has 1 amide bonds. The van der Waals surface area contributed by atoms with Crippen LogP contribution in [0.15, 0.2) is 4.79 Å². The van der Waals surface area contributed by atoms with Crippen molar-refractivity contribution in [2.24, 2.45) is 0 Å². The van der Waals surface area contributed by atoms with Crippen LogP contribution in [0.1, 0.15) is 29.1 Å². The van der Waals surface area contributed by atoms with Crippen molar-refractivity contribution in [3.8, 4) is 0 Å². The highest BCUT2D eigenvalue weighted by atomic mass is 32.2. The number of H-pyrrole nitrogens is 1. The minimum absolute atomic E-state index is 0.0194. The van der Waals surface area contributed by atoms with Gasteiger partial charge in [0.15, 0.2) is 0 Å². The van der Waals surface area contributed by atoms with E-state index in [0.29, 0.717) is 17.3 Å². The van der Waals surface area contributed by atoms with Gasteiger partial charge in [-0.3, -0.25) is 9.59 Å². The number of nitrogens with zero attached hydrogens (tertiary/aromatic N) is 2. The monoisotopic (exact) mass is 335 g/mol. The number of thiophene rings is 1. The van der Waals surface area contributed by atoms with E-state index in [-0.39, 0.29) is 11.5 Å². The highest BCUT2D eigenvalue weighted by Gasteiger charge is 2.22. The van der Waals surface area contributed by atoms with Crippen molar-refractivity contribution in [1.82, 2.24) is 14.9 Å². The highest BCUT2D eigenvalue weighted by molar-refractivity contribution is 7.99. The van der Waals surface area contributed by atoms with Gasteiger partial charge in [-0.1, -0.05) is 0 Å². The Morgan fingerprint density at radius 3 is 2.95 bits per heavy atom. The van der Waals surface area contributed by atoms with Gasteiger partial charge in [0.25, 0.3) is 5.56 Å². The van der Waals surface area contributed by atoms with Gasteiger partial charge in [0.1, 0.15) is 10.7 Å². The van der Waals surface area contributed by atoms with Gasteiger partial charge in [-0.2, -0.15) is 0 Å². The molecule has 1 aliphatic carbocycles. The Morgan fingerprint density at radius 1 is 1.32 bits per heavy atom. The number of aryl methyl sites for hydroxylation is 2. The SMILES string of the molecule is O=C(CSCc1nc2sc3c(c2c(=O)[nH]1)CCC3)N1CCC1. The fourth-order valence-electron chi connectivity index (χ4n) is 3.01. The topological polar surface area (TPSA) is 66.1 Å². The largest absolute Gasteiger partial charge is 0.342 e. The molecule has 4 rings (SSSR count). The van der Waals surface area contributed by atoms with Crippen LogP contribution in [0.5, 0.6) is 0 Å². The van der Waals surface area contributed by atoms with Gasteiger partial charge in [0, 0.05) is 18.0 Å². The Kier molecular flexibility index (Phi) is 3.69. The van der Waals surface area contributed by atoms with Crippen LogP contribution in [0.25, 0.3) is 10.2 Å². The van der Waals surface area contributed by atoms with Crippen molar-refractivity contribution >= 4 is 39.2 Å². The quantitative estimate of drug-likeness (QED) is 0.927. The lowest BCUT2D eigenvalue weighted by Crippen LogP contribution is -2.43. The lowest BCUT2D eigenvalue weighted by Gasteiger charge is -2.30. The van der Waals surface area contributed by atoms with Gasteiger partial charge in [-0.25, -0.2) is 4.98 Å². The first-order valence-corrected chi connectivity index (χ1v) is 9.58.